The summed E-state index contributed by atoms with van der Waals surface area (Å²) in [5.41, 5.74) is 2.36. The molecular formula is C24H33NO4. The van der Waals surface area contributed by atoms with Crippen molar-refractivity contribution in [3.8, 4) is 11.5 Å². The van der Waals surface area contributed by atoms with E-state index in [1.807, 2.05) is 56.3 Å². The van der Waals surface area contributed by atoms with E-state index in [4.69, 9.17) is 14.2 Å². The van der Waals surface area contributed by atoms with E-state index in [0.717, 1.165) is 36.3 Å². The first-order chi connectivity index (χ1) is 14.0. The van der Waals surface area contributed by atoms with Gasteiger partial charge in [-0.25, -0.2) is 0 Å². The number of methoxy groups -OCH3 is 1. The molecule has 2 aromatic carbocycles. The zero-order valence-corrected chi connectivity index (χ0v) is 18.0. The molecule has 0 heterocycles. The maximum atomic E-state index is 11.9. The van der Waals surface area contributed by atoms with Crippen LogP contribution < -0.4 is 9.47 Å². The summed E-state index contributed by atoms with van der Waals surface area (Å²) in [6, 6.07) is 16.2. The van der Waals surface area contributed by atoms with Crippen LogP contribution in [0.3, 0.4) is 0 Å². The van der Waals surface area contributed by atoms with Crippen molar-refractivity contribution in [2.24, 2.45) is 0 Å². The van der Waals surface area contributed by atoms with Gasteiger partial charge in [-0.1, -0.05) is 37.3 Å². The first-order valence-corrected chi connectivity index (χ1v) is 10.2. The summed E-state index contributed by atoms with van der Waals surface area (Å²) < 4.78 is 17.0. The van der Waals surface area contributed by atoms with E-state index in [1.165, 1.54) is 5.56 Å². The Hall–Kier alpha value is -2.53. The predicted octanol–water partition coefficient (Wildman–Crippen LogP) is 4.13. The van der Waals surface area contributed by atoms with Crippen LogP contribution in [0.4, 0.5) is 0 Å². The smallest absolute Gasteiger partial charge is 0.306 e. The third-order valence-electron chi connectivity index (χ3n) is 4.54. The standard InChI is InChI=1S/C24H33NO4/c1-5-9-24(26)29-22(17-25(2)3)18-28-23-13-7-6-11-20(23)15-14-19-10-8-12-21(16-19)27-4/h6-8,10-13,16,22H,5,9,14-15,17-18H2,1-4H3/t22-/m1/s1. The molecule has 5 heteroatoms. The van der Waals surface area contributed by atoms with Crippen molar-refractivity contribution in [1.82, 2.24) is 4.90 Å². The van der Waals surface area contributed by atoms with Crippen LogP contribution in [-0.4, -0.2) is 51.3 Å². The zero-order valence-electron chi connectivity index (χ0n) is 18.0. The summed E-state index contributed by atoms with van der Waals surface area (Å²) in [6.07, 6.45) is 2.67. The molecule has 2 rings (SSSR count). The van der Waals surface area contributed by atoms with Crippen molar-refractivity contribution in [2.75, 3.05) is 34.4 Å². The van der Waals surface area contributed by atoms with Crippen LogP contribution in [0, 0.1) is 0 Å². The Balaban J connectivity index is 1.99. The van der Waals surface area contributed by atoms with Gasteiger partial charge in [0.15, 0.2) is 0 Å². The lowest BCUT2D eigenvalue weighted by molar-refractivity contribution is -0.151. The molecule has 0 aromatic heterocycles. The summed E-state index contributed by atoms with van der Waals surface area (Å²) in [6.45, 7) is 2.93. The van der Waals surface area contributed by atoms with Gasteiger partial charge in [-0.3, -0.25) is 4.79 Å². The summed E-state index contributed by atoms with van der Waals surface area (Å²) in [7, 11) is 5.60. The highest BCUT2D eigenvalue weighted by atomic mass is 16.6. The Morgan fingerprint density at radius 3 is 2.59 bits per heavy atom. The number of ether oxygens (including phenoxy) is 3. The molecule has 0 fully saturated rings. The van der Waals surface area contributed by atoms with E-state index in [1.54, 1.807) is 7.11 Å². The van der Waals surface area contributed by atoms with E-state index in [2.05, 4.69) is 18.2 Å². The van der Waals surface area contributed by atoms with Gasteiger partial charge >= 0.3 is 5.97 Å². The summed E-state index contributed by atoms with van der Waals surface area (Å²) in [4.78, 5) is 13.9. The number of carbonyl (C=O) groups excluding carboxylic acids is 1. The van der Waals surface area contributed by atoms with Gasteiger partial charge in [-0.05, 0) is 62.7 Å². The lowest BCUT2D eigenvalue weighted by atomic mass is 10.0. The summed E-state index contributed by atoms with van der Waals surface area (Å²) >= 11 is 0. The molecule has 0 amide bonds. The molecule has 0 bridgehead atoms. The van der Waals surface area contributed by atoms with Gasteiger partial charge in [-0.15, -0.1) is 0 Å². The molecule has 5 nitrogen and oxygen atoms in total. The fraction of sp³-hybridized carbons (Fsp3) is 0.458. The Bertz CT molecular complexity index is 760. The molecule has 0 unspecified atom stereocenters. The second-order valence-electron chi connectivity index (χ2n) is 7.39. The van der Waals surface area contributed by atoms with Crippen LogP contribution in [-0.2, 0) is 22.4 Å². The van der Waals surface area contributed by atoms with Crippen LogP contribution in [0.1, 0.15) is 30.9 Å². The third-order valence-corrected chi connectivity index (χ3v) is 4.54. The molecule has 0 aliphatic heterocycles. The fourth-order valence-corrected chi connectivity index (χ4v) is 3.12. The number of rotatable bonds is 12. The third kappa shape index (κ3) is 8.16. The normalized spacial score (nSPS) is 11.9. The van der Waals surface area contributed by atoms with E-state index in [-0.39, 0.29) is 12.1 Å². The highest BCUT2D eigenvalue weighted by molar-refractivity contribution is 5.69. The van der Waals surface area contributed by atoms with Gasteiger partial charge in [0.1, 0.15) is 24.2 Å². The second-order valence-corrected chi connectivity index (χ2v) is 7.39. The first-order valence-electron chi connectivity index (χ1n) is 10.2. The maximum absolute atomic E-state index is 11.9. The number of aryl methyl sites for hydroxylation is 2. The fourth-order valence-electron chi connectivity index (χ4n) is 3.12. The Morgan fingerprint density at radius 2 is 1.86 bits per heavy atom. The average Bonchev–Trinajstić information content (AvgIpc) is 2.71. The molecule has 0 saturated carbocycles. The largest absolute Gasteiger partial charge is 0.497 e. The highest BCUT2D eigenvalue weighted by Gasteiger charge is 2.17. The van der Waals surface area contributed by atoms with Gasteiger partial charge in [0, 0.05) is 13.0 Å². The number of hydrogen-bond donors (Lipinski definition) is 0. The van der Waals surface area contributed by atoms with Gasteiger partial charge in [0.2, 0.25) is 0 Å². The Morgan fingerprint density at radius 1 is 1.07 bits per heavy atom. The van der Waals surface area contributed by atoms with Crippen molar-refractivity contribution >= 4 is 5.97 Å². The van der Waals surface area contributed by atoms with Crippen molar-refractivity contribution in [3.05, 3.63) is 59.7 Å². The molecule has 0 radical (unpaired) electrons. The molecule has 29 heavy (non-hydrogen) atoms. The van der Waals surface area contributed by atoms with Crippen LogP contribution in [0.25, 0.3) is 0 Å². The van der Waals surface area contributed by atoms with Crippen LogP contribution >= 0.6 is 0 Å². The minimum absolute atomic E-state index is 0.172. The number of carbonyl (C=O) groups is 1. The van der Waals surface area contributed by atoms with E-state index >= 15 is 0 Å². The Kier molecular flexibility index (Phi) is 9.51. The van der Waals surface area contributed by atoms with Gasteiger partial charge in [-0.2, -0.15) is 0 Å². The minimum Gasteiger partial charge on any atom is -0.497 e. The predicted molar refractivity (Wildman–Crippen MR) is 116 cm³/mol. The molecule has 158 valence electrons. The van der Waals surface area contributed by atoms with E-state index in [0.29, 0.717) is 19.6 Å². The zero-order chi connectivity index (χ0) is 21.1. The summed E-state index contributed by atoms with van der Waals surface area (Å²) in [5.74, 6) is 1.53. The molecule has 0 spiro atoms. The van der Waals surface area contributed by atoms with Gasteiger partial charge < -0.3 is 19.1 Å². The van der Waals surface area contributed by atoms with Gasteiger partial charge in [0.05, 0.1) is 7.11 Å². The van der Waals surface area contributed by atoms with Crippen molar-refractivity contribution < 1.29 is 19.0 Å². The lowest BCUT2D eigenvalue weighted by Crippen LogP contribution is -2.35. The topological polar surface area (TPSA) is 48.0 Å². The average molecular weight is 400 g/mol. The van der Waals surface area contributed by atoms with Crippen LogP contribution in [0.5, 0.6) is 11.5 Å². The van der Waals surface area contributed by atoms with E-state index in [9.17, 15) is 4.79 Å². The Labute approximate surface area is 174 Å². The molecular weight excluding hydrogens is 366 g/mol. The quantitative estimate of drug-likeness (QED) is 0.502. The second kappa shape index (κ2) is 12.1. The number of esters is 1. The highest BCUT2D eigenvalue weighted by Crippen LogP contribution is 2.22. The van der Waals surface area contributed by atoms with Crippen molar-refractivity contribution in [2.45, 2.75) is 38.7 Å². The number of nitrogens with zero attached hydrogens (tertiary/aromatic N) is 1. The van der Waals surface area contributed by atoms with Crippen LogP contribution in [0.15, 0.2) is 48.5 Å². The first kappa shape index (κ1) is 22.8. The molecule has 0 N–H and O–H groups in total. The SMILES string of the molecule is CCCC(=O)O[C@@H](COc1ccccc1CCc1cccc(OC)c1)CN(C)C. The molecule has 1 atom stereocenters. The van der Waals surface area contributed by atoms with Crippen molar-refractivity contribution in [3.63, 3.8) is 0 Å². The lowest BCUT2D eigenvalue weighted by Gasteiger charge is -2.22. The number of benzene rings is 2. The molecule has 2 aromatic rings. The number of para-hydroxylation sites is 1. The molecule has 0 saturated heterocycles. The van der Waals surface area contributed by atoms with Crippen LogP contribution in [0.2, 0.25) is 0 Å². The molecule has 0 aliphatic carbocycles. The van der Waals surface area contributed by atoms with Gasteiger partial charge in [0.25, 0.3) is 0 Å². The van der Waals surface area contributed by atoms with Crippen molar-refractivity contribution in [1.29, 1.82) is 0 Å². The summed E-state index contributed by atoms with van der Waals surface area (Å²) in [5, 5.41) is 0. The number of likely N-dealkylation sites (N-methyl/N-ethyl adjacent to an activating group) is 1. The monoisotopic (exact) mass is 399 g/mol. The number of hydrogen-bond acceptors (Lipinski definition) is 5. The molecule has 0 aliphatic rings. The minimum atomic E-state index is -0.296. The van der Waals surface area contributed by atoms with E-state index < -0.39 is 0 Å². The maximum Gasteiger partial charge on any atom is 0.306 e.